The van der Waals surface area contributed by atoms with Crippen LogP contribution in [-0.4, -0.2) is 50.1 Å². The zero-order valence-electron chi connectivity index (χ0n) is 15.4. The highest BCUT2D eigenvalue weighted by molar-refractivity contribution is 5.76. The van der Waals surface area contributed by atoms with Crippen molar-refractivity contribution in [3.63, 3.8) is 0 Å². The van der Waals surface area contributed by atoms with Gasteiger partial charge in [-0.2, -0.15) is 0 Å². The number of nitrogens with zero attached hydrogens (tertiary/aromatic N) is 1. The fraction of sp³-hybridized carbons (Fsp3) is 0.409. The van der Waals surface area contributed by atoms with Gasteiger partial charge in [0.05, 0.1) is 0 Å². The lowest BCUT2D eigenvalue weighted by Crippen LogP contribution is -2.46. The Bertz CT molecular complexity index is 654. The third-order valence-electron chi connectivity index (χ3n) is 4.99. The maximum Gasteiger partial charge on any atom is 0.220 e. The van der Waals surface area contributed by atoms with Crippen LogP contribution in [0.4, 0.5) is 0 Å². The summed E-state index contributed by atoms with van der Waals surface area (Å²) in [7, 11) is 0. The molecule has 0 aliphatic carbocycles. The molecule has 2 N–H and O–H groups in total. The molecule has 1 amide bonds. The average Bonchev–Trinajstić information content (AvgIpc) is 2.70. The second kappa shape index (κ2) is 10.1. The van der Waals surface area contributed by atoms with Crippen LogP contribution in [0.25, 0.3) is 0 Å². The summed E-state index contributed by atoms with van der Waals surface area (Å²) in [5.74, 6) is 0.350. The summed E-state index contributed by atoms with van der Waals surface area (Å²) in [6.45, 7) is 5.88. The molecule has 1 unspecified atom stereocenters. The van der Waals surface area contributed by atoms with Gasteiger partial charge in [-0.3, -0.25) is 9.69 Å². The second-order valence-corrected chi connectivity index (χ2v) is 6.94. The highest BCUT2D eigenvalue weighted by Crippen LogP contribution is 2.24. The van der Waals surface area contributed by atoms with Crippen molar-refractivity contribution in [3.05, 3.63) is 71.8 Å². The van der Waals surface area contributed by atoms with Gasteiger partial charge in [-0.15, -0.1) is 0 Å². The molecule has 1 aliphatic heterocycles. The van der Waals surface area contributed by atoms with Gasteiger partial charge in [0, 0.05) is 45.7 Å². The van der Waals surface area contributed by atoms with E-state index in [-0.39, 0.29) is 11.8 Å². The third kappa shape index (κ3) is 5.97. The minimum absolute atomic E-state index is 0.143. The van der Waals surface area contributed by atoms with Gasteiger partial charge in [-0.25, -0.2) is 0 Å². The molecular weight excluding hydrogens is 322 g/mol. The van der Waals surface area contributed by atoms with Crippen LogP contribution in [0.2, 0.25) is 0 Å². The minimum atomic E-state index is 0.143. The van der Waals surface area contributed by atoms with Crippen LogP contribution in [0, 0.1) is 0 Å². The molecule has 1 aliphatic rings. The van der Waals surface area contributed by atoms with E-state index >= 15 is 0 Å². The van der Waals surface area contributed by atoms with Gasteiger partial charge in [0.2, 0.25) is 5.91 Å². The first-order valence-corrected chi connectivity index (χ1v) is 9.60. The normalized spacial score (nSPS) is 16.2. The lowest BCUT2D eigenvalue weighted by atomic mass is 9.89. The van der Waals surface area contributed by atoms with E-state index in [0.717, 1.165) is 45.7 Å². The van der Waals surface area contributed by atoms with Crippen molar-refractivity contribution in [1.82, 2.24) is 15.5 Å². The molecule has 0 spiro atoms. The van der Waals surface area contributed by atoms with E-state index < -0.39 is 0 Å². The van der Waals surface area contributed by atoms with Crippen LogP contribution in [0.3, 0.4) is 0 Å². The summed E-state index contributed by atoms with van der Waals surface area (Å²) in [6, 6.07) is 20.8. The van der Waals surface area contributed by atoms with Gasteiger partial charge >= 0.3 is 0 Å². The second-order valence-electron chi connectivity index (χ2n) is 6.94. The molecule has 4 nitrogen and oxygen atoms in total. The van der Waals surface area contributed by atoms with Crippen molar-refractivity contribution >= 4 is 5.91 Å². The number of benzene rings is 2. The minimum Gasteiger partial charge on any atom is -0.355 e. The molecule has 0 bridgehead atoms. The molecule has 138 valence electrons. The molecule has 2 aromatic carbocycles. The van der Waals surface area contributed by atoms with Crippen LogP contribution < -0.4 is 10.6 Å². The molecule has 0 radical (unpaired) electrons. The van der Waals surface area contributed by atoms with Gasteiger partial charge in [0.25, 0.3) is 0 Å². The molecular formula is C22H29N3O. The Morgan fingerprint density at radius 1 is 1.00 bits per heavy atom. The van der Waals surface area contributed by atoms with Crippen LogP contribution in [-0.2, 0) is 11.2 Å². The summed E-state index contributed by atoms with van der Waals surface area (Å²) in [5, 5.41) is 6.47. The van der Waals surface area contributed by atoms with E-state index in [9.17, 15) is 4.79 Å². The molecule has 1 atom stereocenters. The number of hydrogen-bond acceptors (Lipinski definition) is 3. The Balaban J connectivity index is 1.53. The van der Waals surface area contributed by atoms with Crippen molar-refractivity contribution in [2.45, 2.75) is 18.8 Å². The average molecular weight is 351 g/mol. The fourth-order valence-corrected chi connectivity index (χ4v) is 3.52. The molecule has 0 saturated carbocycles. The lowest BCUT2D eigenvalue weighted by molar-refractivity contribution is -0.121. The smallest absolute Gasteiger partial charge is 0.220 e. The van der Waals surface area contributed by atoms with E-state index in [4.69, 9.17) is 0 Å². The van der Waals surface area contributed by atoms with E-state index in [2.05, 4.69) is 64.1 Å². The van der Waals surface area contributed by atoms with Gasteiger partial charge < -0.3 is 10.6 Å². The van der Waals surface area contributed by atoms with Gasteiger partial charge in [-0.1, -0.05) is 60.7 Å². The van der Waals surface area contributed by atoms with Crippen LogP contribution in [0.1, 0.15) is 23.5 Å². The van der Waals surface area contributed by atoms with Crippen molar-refractivity contribution < 1.29 is 4.79 Å². The number of hydrogen-bond donors (Lipinski definition) is 2. The Morgan fingerprint density at radius 3 is 2.35 bits per heavy atom. The summed E-state index contributed by atoms with van der Waals surface area (Å²) in [4.78, 5) is 14.9. The summed E-state index contributed by atoms with van der Waals surface area (Å²) < 4.78 is 0. The summed E-state index contributed by atoms with van der Waals surface area (Å²) in [5.41, 5.74) is 2.50. The monoisotopic (exact) mass is 351 g/mol. The van der Waals surface area contributed by atoms with Crippen molar-refractivity contribution in [3.8, 4) is 0 Å². The van der Waals surface area contributed by atoms with Crippen LogP contribution >= 0.6 is 0 Å². The maximum absolute atomic E-state index is 12.5. The summed E-state index contributed by atoms with van der Waals surface area (Å²) >= 11 is 0. The summed E-state index contributed by atoms with van der Waals surface area (Å²) in [6.07, 6.45) is 1.41. The first-order valence-electron chi connectivity index (χ1n) is 9.60. The maximum atomic E-state index is 12.5. The fourth-order valence-electron chi connectivity index (χ4n) is 3.52. The van der Waals surface area contributed by atoms with E-state index in [1.165, 1.54) is 11.1 Å². The zero-order valence-corrected chi connectivity index (χ0v) is 15.4. The molecule has 0 aromatic heterocycles. The molecule has 1 fully saturated rings. The zero-order chi connectivity index (χ0) is 18.0. The first kappa shape index (κ1) is 18.6. The van der Waals surface area contributed by atoms with Gasteiger partial charge in [-0.05, 0) is 23.5 Å². The van der Waals surface area contributed by atoms with Gasteiger partial charge in [0.15, 0.2) is 0 Å². The van der Waals surface area contributed by atoms with E-state index in [1.807, 2.05) is 12.1 Å². The number of amides is 1. The predicted molar refractivity (Wildman–Crippen MR) is 106 cm³/mol. The third-order valence-corrected chi connectivity index (χ3v) is 4.99. The van der Waals surface area contributed by atoms with Gasteiger partial charge in [0.1, 0.15) is 0 Å². The molecule has 1 saturated heterocycles. The molecule has 1 heterocycles. The molecule has 26 heavy (non-hydrogen) atoms. The Kier molecular flexibility index (Phi) is 7.23. The highest BCUT2D eigenvalue weighted by Gasteiger charge is 2.17. The number of nitrogens with one attached hydrogen (secondary N) is 2. The predicted octanol–water partition coefficient (Wildman–Crippen LogP) is 2.42. The molecule has 4 heteroatoms. The number of carbonyl (C=O) groups is 1. The Hall–Kier alpha value is -2.17. The Morgan fingerprint density at radius 2 is 1.65 bits per heavy atom. The SMILES string of the molecule is O=C(CC(Cc1ccccc1)c1ccccc1)NCCN1CCNCC1. The molecule has 3 rings (SSSR count). The lowest BCUT2D eigenvalue weighted by Gasteiger charge is -2.27. The number of rotatable bonds is 8. The van der Waals surface area contributed by atoms with Crippen LogP contribution in [0.15, 0.2) is 60.7 Å². The number of carbonyl (C=O) groups excluding carboxylic acids is 1. The number of piperazine rings is 1. The van der Waals surface area contributed by atoms with Crippen LogP contribution in [0.5, 0.6) is 0 Å². The quantitative estimate of drug-likeness (QED) is 0.768. The standard InChI is InChI=1S/C22H29N3O/c26-22(24-13-16-25-14-11-23-12-15-25)18-21(20-9-5-2-6-10-20)17-19-7-3-1-4-8-19/h1-10,21,23H,11-18H2,(H,24,26). The highest BCUT2D eigenvalue weighted by atomic mass is 16.1. The Labute approximate surface area is 156 Å². The molecule has 2 aromatic rings. The van der Waals surface area contributed by atoms with E-state index in [0.29, 0.717) is 6.42 Å². The van der Waals surface area contributed by atoms with Crippen molar-refractivity contribution in [1.29, 1.82) is 0 Å². The first-order chi connectivity index (χ1) is 12.8. The topological polar surface area (TPSA) is 44.4 Å². The largest absolute Gasteiger partial charge is 0.355 e. The van der Waals surface area contributed by atoms with Crippen molar-refractivity contribution in [2.24, 2.45) is 0 Å². The van der Waals surface area contributed by atoms with E-state index in [1.54, 1.807) is 0 Å². The van der Waals surface area contributed by atoms with Crippen molar-refractivity contribution in [2.75, 3.05) is 39.3 Å².